The minimum Gasteiger partial charge on any atom is -0.369 e. The third-order valence-electron chi connectivity index (χ3n) is 1.47. The average molecular weight is 200 g/mol. The van der Waals surface area contributed by atoms with Crippen molar-refractivity contribution in [2.75, 3.05) is 19.8 Å². The fourth-order valence-corrected chi connectivity index (χ4v) is 0.986. The first kappa shape index (κ1) is 10.7. The molecule has 1 aliphatic heterocycles. The van der Waals surface area contributed by atoms with Crippen molar-refractivity contribution in [3.8, 4) is 0 Å². The van der Waals surface area contributed by atoms with E-state index >= 15 is 0 Å². The van der Waals surface area contributed by atoms with Gasteiger partial charge in [-0.25, -0.2) is 0 Å². The number of halogens is 3. The van der Waals surface area contributed by atoms with Gasteiger partial charge in [-0.1, -0.05) is 0 Å². The zero-order valence-electron chi connectivity index (χ0n) is 7.13. The second kappa shape index (κ2) is 4.26. The molecule has 3 nitrogen and oxygen atoms in total. The second-order valence-electron chi connectivity index (χ2n) is 2.79. The van der Waals surface area contributed by atoms with E-state index in [0.29, 0.717) is 6.61 Å². The standard InChI is InChI=1S/C7H11F3O3/c1-5-12-3-6(13-5)2-11-4-7(8,9)10/h5-6H,2-4H2,1H3. The molecular formula is C7H11F3O3. The van der Waals surface area contributed by atoms with Crippen molar-refractivity contribution in [1.82, 2.24) is 0 Å². The van der Waals surface area contributed by atoms with Crippen molar-refractivity contribution >= 4 is 0 Å². The maximum atomic E-state index is 11.6. The summed E-state index contributed by atoms with van der Waals surface area (Å²) >= 11 is 0. The summed E-state index contributed by atoms with van der Waals surface area (Å²) < 4.78 is 49.3. The normalized spacial score (nSPS) is 29.5. The Morgan fingerprint density at radius 1 is 1.46 bits per heavy atom. The van der Waals surface area contributed by atoms with Gasteiger partial charge in [0.05, 0.1) is 13.2 Å². The molecule has 1 fully saturated rings. The molecule has 0 saturated carbocycles. The molecule has 0 amide bonds. The topological polar surface area (TPSA) is 27.7 Å². The number of rotatable bonds is 3. The highest BCUT2D eigenvalue weighted by molar-refractivity contribution is 4.62. The maximum Gasteiger partial charge on any atom is 0.411 e. The van der Waals surface area contributed by atoms with Crippen molar-refractivity contribution in [1.29, 1.82) is 0 Å². The summed E-state index contributed by atoms with van der Waals surface area (Å²) in [6, 6.07) is 0. The van der Waals surface area contributed by atoms with Gasteiger partial charge in [-0.05, 0) is 6.92 Å². The van der Waals surface area contributed by atoms with Gasteiger partial charge in [-0.2, -0.15) is 13.2 Å². The van der Waals surface area contributed by atoms with Gasteiger partial charge < -0.3 is 14.2 Å². The van der Waals surface area contributed by atoms with Crippen LogP contribution in [0.4, 0.5) is 13.2 Å². The van der Waals surface area contributed by atoms with Crippen molar-refractivity contribution in [2.45, 2.75) is 25.5 Å². The molecule has 0 aromatic rings. The molecule has 0 aliphatic carbocycles. The molecule has 0 aromatic carbocycles. The van der Waals surface area contributed by atoms with E-state index < -0.39 is 12.8 Å². The van der Waals surface area contributed by atoms with E-state index in [1.807, 2.05) is 0 Å². The third-order valence-corrected chi connectivity index (χ3v) is 1.47. The predicted molar refractivity (Wildman–Crippen MR) is 37.2 cm³/mol. The molecule has 0 aromatic heterocycles. The first-order chi connectivity index (χ1) is 5.97. The second-order valence-corrected chi connectivity index (χ2v) is 2.79. The number of hydrogen-bond acceptors (Lipinski definition) is 3. The molecule has 6 heteroatoms. The molecule has 2 atom stereocenters. The van der Waals surface area contributed by atoms with Gasteiger partial charge in [0.25, 0.3) is 0 Å². The van der Waals surface area contributed by atoms with Gasteiger partial charge in [0.15, 0.2) is 6.29 Å². The van der Waals surface area contributed by atoms with E-state index in [-0.39, 0.29) is 19.0 Å². The van der Waals surface area contributed by atoms with E-state index in [0.717, 1.165) is 0 Å². The molecule has 13 heavy (non-hydrogen) atoms. The van der Waals surface area contributed by atoms with Crippen molar-refractivity contribution < 1.29 is 27.4 Å². The van der Waals surface area contributed by atoms with Gasteiger partial charge in [0, 0.05) is 0 Å². The van der Waals surface area contributed by atoms with Crippen molar-refractivity contribution in [2.24, 2.45) is 0 Å². The summed E-state index contributed by atoms with van der Waals surface area (Å²) in [5.41, 5.74) is 0. The molecule has 78 valence electrons. The smallest absolute Gasteiger partial charge is 0.369 e. The molecule has 0 bridgehead atoms. The molecule has 1 rings (SSSR count). The summed E-state index contributed by atoms with van der Waals surface area (Å²) in [6.45, 7) is 0.661. The highest BCUT2D eigenvalue weighted by atomic mass is 19.4. The van der Waals surface area contributed by atoms with Crippen LogP contribution in [0.15, 0.2) is 0 Å². The van der Waals surface area contributed by atoms with Gasteiger partial charge in [0.2, 0.25) is 0 Å². The largest absolute Gasteiger partial charge is 0.411 e. The lowest BCUT2D eigenvalue weighted by Gasteiger charge is -2.10. The van der Waals surface area contributed by atoms with Crippen LogP contribution < -0.4 is 0 Å². The predicted octanol–water partition coefficient (Wildman–Crippen LogP) is 1.33. The van der Waals surface area contributed by atoms with Crippen LogP contribution in [-0.2, 0) is 14.2 Å². The van der Waals surface area contributed by atoms with E-state index in [1.165, 1.54) is 0 Å². The first-order valence-corrected chi connectivity index (χ1v) is 3.89. The summed E-state index contributed by atoms with van der Waals surface area (Å²) in [5, 5.41) is 0. The lowest BCUT2D eigenvalue weighted by molar-refractivity contribution is -0.180. The van der Waals surface area contributed by atoms with E-state index in [4.69, 9.17) is 9.47 Å². The summed E-state index contributed by atoms with van der Waals surface area (Å²) in [7, 11) is 0. The van der Waals surface area contributed by atoms with E-state index in [9.17, 15) is 13.2 Å². The highest BCUT2D eigenvalue weighted by Crippen LogP contribution is 2.16. The number of alkyl halides is 3. The van der Waals surface area contributed by atoms with E-state index in [2.05, 4.69) is 4.74 Å². The summed E-state index contributed by atoms with van der Waals surface area (Å²) in [6.07, 6.45) is -5.00. The SMILES string of the molecule is CC1OCC(COCC(F)(F)F)O1. The lowest BCUT2D eigenvalue weighted by Crippen LogP contribution is -2.24. The minimum absolute atomic E-state index is 0.0795. The van der Waals surface area contributed by atoms with Gasteiger partial charge in [0.1, 0.15) is 12.7 Å². The van der Waals surface area contributed by atoms with Crippen LogP contribution in [0.3, 0.4) is 0 Å². The molecule has 2 unspecified atom stereocenters. The summed E-state index contributed by atoms with van der Waals surface area (Å²) in [4.78, 5) is 0. The van der Waals surface area contributed by atoms with Crippen LogP contribution in [0.2, 0.25) is 0 Å². The van der Waals surface area contributed by atoms with Crippen LogP contribution in [0.5, 0.6) is 0 Å². The van der Waals surface area contributed by atoms with Crippen molar-refractivity contribution in [3.05, 3.63) is 0 Å². The Morgan fingerprint density at radius 3 is 2.62 bits per heavy atom. The van der Waals surface area contributed by atoms with Crippen molar-refractivity contribution in [3.63, 3.8) is 0 Å². The Labute approximate surface area is 73.8 Å². The van der Waals surface area contributed by atoms with Gasteiger partial charge in [-0.3, -0.25) is 0 Å². The zero-order valence-corrected chi connectivity index (χ0v) is 7.13. The van der Waals surface area contributed by atoms with Crippen LogP contribution >= 0.6 is 0 Å². The van der Waals surface area contributed by atoms with E-state index in [1.54, 1.807) is 6.92 Å². The Morgan fingerprint density at radius 2 is 2.15 bits per heavy atom. The fourth-order valence-electron chi connectivity index (χ4n) is 0.986. The first-order valence-electron chi connectivity index (χ1n) is 3.89. The monoisotopic (exact) mass is 200 g/mol. The molecule has 0 spiro atoms. The molecule has 0 N–H and O–H groups in total. The average Bonchev–Trinajstić information content (AvgIpc) is 2.33. The molecule has 1 saturated heterocycles. The maximum absolute atomic E-state index is 11.6. The lowest BCUT2D eigenvalue weighted by atomic mass is 10.4. The van der Waals surface area contributed by atoms with Crippen LogP contribution in [0.25, 0.3) is 0 Å². The van der Waals surface area contributed by atoms with Crippen LogP contribution in [0.1, 0.15) is 6.92 Å². The molecular weight excluding hydrogens is 189 g/mol. The minimum atomic E-state index is -4.27. The molecule has 1 heterocycles. The van der Waals surface area contributed by atoms with Crippen LogP contribution in [-0.4, -0.2) is 38.4 Å². The van der Waals surface area contributed by atoms with Gasteiger partial charge >= 0.3 is 6.18 Å². The fraction of sp³-hybridized carbons (Fsp3) is 1.00. The summed E-state index contributed by atoms with van der Waals surface area (Å²) in [5.74, 6) is 0. The highest BCUT2D eigenvalue weighted by Gasteiger charge is 2.29. The molecule has 1 aliphatic rings. The Hall–Kier alpha value is -0.330. The Bertz CT molecular complexity index is 160. The van der Waals surface area contributed by atoms with Crippen LogP contribution in [0, 0.1) is 0 Å². The zero-order chi connectivity index (χ0) is 9.90. The van der Waals surface area contributed by atoms with Gasteiger partial charge in [-0.15, -0.1) is 0 Å². The third kappa shape index (κ3) is 4.44. The Kier molecular flexibility index (Phi) is 3.52. The quantitative estimate of drug-likeness (QED) is 0.687. The number of ether oxygens (including phenoxy) is 3. The number of hydrogen-bond donors (Lipinski definition) is 0. The Balaban J connectivity index is 2.07. The molecule has 0 radical (unpaired) electrons.